The van der Waals surface area contributed by atoms with Gasteiger partial charge in [-0.15, -0.1) is 0 Å². The SMILES string of the molecule is CCNC(=NCCc1noc(-c2ccccn2)n1)NC1CCN(c2ccccc2OC)C1. The zero-order valence-corrected chi connectivity index (χ0v) is 18.5. The summed E-state index contributed by atoms with van der Waals surface area (Å²) >= 11 is 0. The monoisotopic (exact) mass is 435 g/mol. The highest BCUT2D eigenvalue weighted by molar-refractivity contribution is 5.80. The van der Waals surface area contributed by atoms with Crippen molar-refractivity contribution < 1.29 is 9.26 Å². The molecule has 9 heteroatoms. The lowest BCUT2D eigenvalue weighted by Crippen LogP contribution is -2.44. The lowest BCUT2D eigenvalue weighted by molar-refractivity contribution is 0.415. The van der Waals surface area contributed by atoms with E-state index >= 15 is 0 Å². The number of nitrogens with one attached hydrogen (secondary N) is 2. The van der Waals surface area contributed by atoms with Crippen molar-refractivity contribution in [3.8, 4) is 17.3 Å². The van der Waals surface area contributed by atoms with E-state index in [-0.39, 0.29) is 0 Å². The Kier molecular flexibility index (Phi) is 7.16. The summed E-state index contributed by atoms with van der Waals surface area (Å²) in [6.45, 7) is 5.27. The summed E-state index contributed by atoms with van der Waals surface area (Å²) in [5.41, 5.74) is 1.80. The van der Waals surface area contributed by atoms with Crippen LogP contribution in [0.3, 0.4) is 0 Å². The van der Waals surface area contributed by atoms with E-state index in [2.05, 4.69) is 43.6 Å². The van der Waals surface area contributed by atoms with Gasteiger partial charge in [-0.25, -0.2) is 0 Å². The number of guanidine groups is 1. The van der Waals surface area contributed by atoms with E-state index in [4.69, 9.17) is 14.3 Å². The number of hydrogen-bond donors (Lipinski definition) is 2. The molecule has 0 saturated carbocycles. The molecule has 3 aromatic rings. The predicted octanol–water partition coefficient (Wildman–Crippen LogP) is 2.52. The Hall–Kier alpha value is -3.62. The molecule has 3 heterocycles. The molecule has 2 N–H and O–H groups in total. The van der Waals surface area contributed by atoms with Gasteiger partial charge in [0.15, 0.2) is 11.8 Å². The fraction of sp³-hybridized carbons (Fsp3) is 0.391. The minimum Gasteiger partial charge on any atom is -0.495 e. The molecule has 1 unspecified atom stereocenters. The highest BCUT2D eigenvalue weighted by Gasteiger charge is 2.25. The Morgan fingerprint density at radius 3 is 2.94 bits per heavy atom. The topological polar surface area (TPSA) is 101 Å². The van der Waals surface area contributed by atoms with Crippen molar-refractivity contribution in [1.29, 1.82) is 0 Å². The van der Waals surface area contributed by atoms with Gasteiger partial charge in [-0.05, 0) is 37.6 Å². The Balaban J connectivity index is 1.32. The number of aliphatic imine (C=N–C) groups is 1. The Labute approximate surface area is 187 Å². The minimum atomic E-state index is 0.304. The van der Waals surface area contributed by atoms with Crippen molar-refractivity contribution in [2.75, 3.05) is 38.2 Å². The maximum Gasteiger partial charge on any atom is 0.276 e. The second-order valence-corrected chi connectivity index (χ2v) is 7.49. The zero-order chi connectivity index (χ0) is 22.2. The molecular weight excluding hydrogens is 406 g/mol. The summed E-state index contributed by atoms with van der Waals surface area (Å²) in [6.07, 6.45) is 3.32. The third-order valence-corrected chi connectivity index (χ3v) is 5.26. The summed E-state index contributed by atoms with van der Waals surface area (Å²) in [4.78, 5) is 15.7. The van der Waals surface area contributed by atoms with E-state index in [1.54, 1.807) is 13.3 Å². The first-order valence-electron chi connectivity index (χ1n) is 10.9. The van der Waals surface area contributed by atoms with Gasteiger partial charge in [0.1, 0.15) is 11.4 Å². The van der Waals surface area contributed by atoms with E-state index in [0.29, 0.717) is 36.4 Å². The average molecular weight is 436 g/mol. The number of benzene rings is 1. The van der Waals surface area contributed by atoms with Gasteiger partial charge in [-0.2, -0.15) is 4.98 Å². The van der Waals surface area contributed by atoms with Crippen molar-refractivity contribution in [2.24, 2.45) is 4.99 Å². The fourth-order valence-corrected chi connectivity index (χ4v) is 3.72. The number of methoxy groups -OCH3 is 1. The molecule has 4 rings (SSSR count). The van der Waals surface area contributed by atoms with E-state index in [0.717, 1.165) is 43.5 Å². The third-order valence-electron chi connectivity index (χ3n) is 5.26. The molecule has 2 aromatic heterocycles. The van der Waals surface area contributed by atoms with Gasteiger partial charge >= 0.3 is 0 Å². The van der Waals surface area contributed by atoms with Crippen LogP contribution in [0, 0.1) is 0 Å². The molecule has 1 aromatic carbocycles. The number of ether oxygens (including phenoxy) is 1. The summed E-state index contributed by atoms with van der Waals surface area (Å²) in [6, 6.07) is 14.0. The number of rotatable bonds is 8. The number of hydrogen-bond acceptors (Lipinski definition) is 7. The molecule has 9 nitrogen and oxygen atoms in total. The van der Waals surface area contributed by atoms with Crippen LogP contribution >= 0.6 is 0 Å². The second-order valence-electron chi connectivity index (χ2n) is 7.49. The number of aromatic nitrogens is 3. The van der Waals surface area contributed by atoms with Crippen LogP contribution in [0.4, 0.5) is 5.69 Å². The summed E-state index contributed by atoms with van der Waals surface area (Å²) < 4.78 is 10.8. The van der Waals surface area contributed by atoms with Gasteiger partial charge < -0.3 is 24.8 Å². The second kappa shape index (κ2) is 10.6. The van der Waals surface area contributed by atoms with Crippen LogP contribution in [0.2, 0.25) is 0 Å². The molecule has 168 valence electrons. The summed E-state index contributed by atoms with van der Waals surface area (Å²) in [5, 5.41) is 10.9. The molecule has 0 bridgehead atoms. The Morgan fingerprint density at radius 2 is 2.12 bits per heavy atom. The number of anilines is 1. The first-order chi connectivity index (χ1) is 15.8. The molecule has 1 saturated heterocycles. The smallest absolute Gasteiger partial charge is 0.276 e. The van der Waals surface area contributed by atoms with Crippen LogP contribution in [-0.4, -0.2) is 60.4 Å². The number of para-hydroxylation sites is 2. The molecule has 0 aliphatic carbocycles. The van der Waals surface area contributed by atoms with E-state index in [1.807, 2.05) is 36.4 Å². The van der Waals surface area contributed by atoms with Crippen molar-refractivity contribution >= 4 is 11.6 Å². The number of pyridine rings is 1. The molecule has 32 heavy (non-hydrogen) atoms. The lowest BCUT2D eigenvalue weighted by atomic mass is 10.2. The molecule has 0 spiro atoms. The molecule has 1 fully saturated rings. The quantitative estimate of drug-likeness (QED) is 0.411. The highest BCUT2D eigenvalue weighted by atomic mass is 16.5. The third kappa shape index (κ3) is 5.35. The summed E-state index contributed by atoms with van der Waals surface area (Å²) in [7, 11) is 1.71. The van der Waals surface area contributed by atoms with Gasteiger partial charge in [0, 0.05) is 44.8 Å². The first-order valence-corrected chi connectivity index (χ1v) is 10.9. The van der Waals surface area contributed by atoms with Crippen molar-refractivity contribution in [2.45, 2.75) is 25.8 Å². The molecule has 0 radical (unpaired) electrons. The molecular formula is C23H29N7O2. The van der Waals surface area contributed by atoms with Gasteiger partial charge in [0.2, 0.25) is 0 Å². The van der Waals surface area contributed by atoms with Gasteiger partial charge in [0.05, 0.1) is 12.8 Å². The zero-order valence-electron chi connectivity index (χ0n) is 18.5. The Morgan fingerprint density at radius 1 is 1.25 bits per heavy atom. The predicted molar refractivity (Wildman–Crippen MR) is 124 cm³/mol. The van der Waals surface area contributed by atoms with Gasteiger partial charge in [-0.3, -0.25) is 9.98 Å². The van der Waals surface area contributed by atoms with Crippen LogP contribution in [-0.2, 0) is 6.42 Å². The van der Waals surface area contributed by atoms with Crippen LogP contribution in [0.1, 0.15) is 19.2 Å². The standard InChI is InChI=1S/C23H29N7O2/c1-3-24-23(26-14-11-21-28-22(32-29-21)18-8-6-7-13-25-18)27-17-12-15-30(16-17)19-9-4-5-10-20(19)31-2/h4-10,13,17H,3,11-12,14-16H2,1-2H3,(H2,24,26,27). The fourth-order valence-electron chi connectivity index (χ4n) is 3.72. The Bertz CT molecular complexity index is 1020. The summed E-state index contributed by atoms with van der Waals surface area (Å²) in [5.74, 6) is 2.75. The average Bonchev–Trinajstić information content (AvgIpc) is 3.50. The van der Waals surface area contributed by atoms with Crippen LogP contribution in [0.25, 0.3) is 11.6 Å². The molecule has 1 aliphatic heterocycles. The normalized spacial score (nSPS) is 16.2. The van der Waals surface area contributed by atoms with Crippen molar-refractivity contribution in [3.63, 3.8) is 0 Å². The van der Waals surface area contributed by atoms with Crippen molar-refractivity contribution in [1.82, 2.24) is 25.8 Å². The van der Waals surface area contributed by atoms with Gasteiger partial charge in [-0.1, -0.05) is 23.4 Å². The van der Waals surface area contributed by atoms with Crippen molar-refractivity contribution in [3.05, 3.63) is 54.5 Å². The molecule has 1 aliphatic rings. The maximum atomic E-state index is 5.52. The van der Waals surface area contributed by atoms with E-state index in [9.17, 15) is 0 Å². The van der Waals surface area contributed by atoms with Crippen LogP contribution < -0.4 is 20.3 Å². The largest absolute Gasteiger partial charge is 0.495 e. The van der Waals surface area contributed by atoms with E-state index < -0.39 is 0 Å². The van der Waals surface area contributed by atoms with Crippen LogP contribution in [0.5, 0.6) is 5.75 Å². The highest BCUT2D eigenvalue weighted by Crippen LogP contribution is 2.30. The van der Waals surface area contributed by atoms with Crippen LogP contribution in [0.15, 0.2) is 58.2 Å². The maximum absolute atomic E-state index is 5.52. The van der Waals surface area contributed by atoms with Gasteiger partial charge in [0.25, 0.3) is 5.89 Å². The molecule has 1 atom stereocenters. The van der Waals surface area contributed by atoms with E-state index in [1.165, 1.54) is 0 Å². The first kappa shape index (κ1) is 21.6. The molecule has 0 amide bonds. The number of nitrogens with zero attached hydrogens (tertiary/aromatic N) is 5. The minimum absolute atomic E-state index is 0.304. The lowest BCUT2D eigenvalue weighted by Gasteiger charge is -2.22.